The van der Waals surface area contributed by atoms with E-state index in [0.29, 0.717) is 0 Å². The summed E-state index contributed by atoms with van der Waals surface area (Å²) in [5, 5.41) is 0. The highest BCUT2D eigenvalue weighted by Gasteiger charge is 2.43. The van der Waals surface area contributed by atoms with E-state index in [-0.39, 0.29) is 0 Å². The van der Waals surface area contributed by atoms with Crippen LogP contribution in [0.1, 0.15) is 0 Å². The molecule has 0 heterocycles. The van der Waals surface area contributed by atoms with Crippen molar-refractivity contribution in [2.45, 2.75) is 0 Å². The monoisotopic (exact) mass is 266 g/mol. The molecule has 0 aromatic heterocycles. The maximum Gasteiger partial charge on any atom is 0.673 e. The molecule has 0 fully saturated rings. The molecule has 0 spiro atoms. The largest absolute Gasteiger partial charge is 0.673 e. The van der Waals surface area contributed by atoms with Gasteiger partial charge in [0.25, 0.3) is 0 Å². The standard InChI is InChI=1S/C6H20N4P.BF4/c1-8(2)11(7,9(3)4)10(5)6;2-1(3,4)5/h7H2,1-6H3;/q+1;-1. The molecule has 0 rings (SSSR count). The molecule has 0 aromatic rings. The smallest absolute Gasteiger partial charge is 0.418 e. The Balaban J connectivity index is 0. The quantitative estimate of drug-likeness (QED) is 0.478. The van der Waals surface area contributed by atoms with Crippen molar-refractivity contribution in [3.05, 3.63) is 0 Å². The Hall–Kier alpha value is 0.0549. The summed E-state index contributed by atoms with van der Waals surface area (Å²) < 4.78 is 45.2. The predicted octanol–water partition coefficient (Wildman–Crippen LogP) is 1.61. The van der Waals surface area contributed by atoms with Crippen LogP contribution in [0.25, 0.3) is 0 Å². The first kappa shape index (κ1) is 18.4. The van der Waals surface area contributed by atoms with Gasteiger partial charge in [0, 0.05) is 42.3 Å². The van der Waals surface area contributed by atoms with Gasteiger partial charge in [-0.15, -0.1) is 14.0 Å². The molecule has 100 valence electrons. The molecule has 16 heavy (non-hydrogen) atoms. The van der Waals surface area contributed by atoms with Gasteiger partial charge in [-0.2, -0.15) is 5.50 Å². The van der Waals surface area contributed by atoms with Gasteiger partial charge in [-0.1, -0.05) is 0 Å². The minimum atomic E-state index is -6.00. The van der Waals surface area contributed by atoms with E-state index >= 15 is 0 Å². The highest BCUT2D eigenvalue weighted by Crippen LogP contribution is 2.55. The number of hydrogen-bond donors (Lipinski definition) is 1. The minimum absolute atomic E-state index is 1.69. The van der Waals surface area contributed by atoms with Crippen molar-refractivity contribution in [3.8, 4) is 0 Å². The van der Waals surface area contributed by atoms with Crippen LogP contribution in [0.5, 0.6) is 0 Å². The Bertz CT molecular complexity index is 172. The lowest BCUT2D eigenvalue weighted by Crippen LogP contribution is -2.40. The average Bonchev–Trinajstić information content (AvgIpc) is 1.98. The molecule has 0 atom stereocenters. The van der Waals surface area contributed by atoms with E-state index in [1.165, 1.54) is 0 Å². The van der Waals surface area contributed by atoms with E-state index < -0.39 is 15.1 Å². The summed E-state index contributed by atoms with van der Waals surface area (Å²) in [5.74, 6) is 0. The van der Waals surface area contributed by atoms with Crippen LogP contribution in [0.2, 0.25) is 0 Å². The van der Waals surface area contributed by atoms with Gasteiger partial charge in [-0.25, -0.2) is 0 Å². The molecule has 10 heteroatoms. The van der Waals surface area contributed by atoms with Crippen molar-refractivity contribution in [1.29, 1.82) is 0 Å². The Morgan fingerprint density at radius 3 is 0.875 bits per heavy atom. The number of rotatable bonds is 3. The number of nitrogens with zero attached hydrogens (tertiary/aromatic N) is 3. The van der Waals surface area contributed by atoms with E-state index in [2.05, 4.69) is 14.0 Å². The van der Waals surface area contributed by atoms with Gasteiger partial charge in [0.05, 0.1) is 0 Å². The molecule has 0 amide bonds. The van der Waals surface area contributed by atoms with Crippen molar-refractivity contribution in [2.24, 2.45) is 5.50 Å². The lowest BCUT2D eigenvalue weighted by molar-refractivity contribution is 0.368. The summed E-state index contributed by atoms with van der Waals surface area (Å²) in [4.78, 5) is 0. The Morgan fingerprint density at radius 1 is 0.750 bits per heavy atom. The fraction of sp³-hybridized carbons (Fsp3) is 1.00. The first-order chi connectivity index (χ1) is 6.83. The topological polar surface area (TPSA) is 35.7 Å². The summed E-state index contributed by atoms with van der Waals surface area (Å²) in [6.07, 6.45) is 0. The molecule has 0 aliphatic rings. The van der Waals surface area contributed by atoms with E-state index in [1.54, 1.807) is 0 Å². The summed E-state index contributed by atoms with van der Waals surface area (Å²) in [6, 6.07) is 0. The molecule has 2 N–H and O–H groups in total. The zero-order chi connectivity index (χ0) is 13.7. The summed E-state index contributed by atoms with van der Waals surface area (Å²) in [5.41, 5.74) is 6.22. The van der Waals surface area contributed by atoms with Gasteiger partial charge in [0.15, 0.2) is 0 Å². The molecule has 0 radical (unpaired) electrons. The Morgan fingerprint density at radius 2 is 0.875 bits per heavy atom. The normalized spacial score (nSPS) is 13.1. The van der Waals surface area contributed by atoms with Gasteiger partial charge in [-0.05, 0) is 0 Å². The van der Waals surface area contributed by atoms with E-state index in [4.69, 9.17) is 5.50 Å². The third kappa shape index (κ3) is 7.35. The van der Waals surface area contributed by atoms with Gasteiger partial charge in [0.2, 0.25) is 0 Å². The zero-order valence-corrected chi connectivity index (χ0v) is 11.3. The Kier molecular flexibility index (Phi) is 7.72. The second kappa shape index (κ2) is 6.71. The fourth-order valence-corrected chi connectivity index (χ4v) is 3.22. The first-order valence-corrected chi connectivity index (χ1v) is 6.13. The molecule has 4 nitrogen and oxygen atoms in total. The third-order valence-corrected chi connectivity index (χ3v) is 5.30. The molecule has 0 unspecified atom stereocenters. The summed E-state index contributed by atoms with van der Waals surface area (Å²) >= 11 is 0. The number of nitrogens with two attached hydrogens (primary N) is 1. The SMILES string of the molecule is CN(C)[P+](N)(N(C)C)N(C)C.F[B-](F)(F)F. The van der Waals surface area contributed by atoms with Crippen LogP contribution in [0.4, 0.5) is 17.3 Å². The lowest BCUT2D eigenvalue weighted by Gasteiger charge is -2.35. The maximum absolute atomic E-state index is 9.75. The predicted molar refractivity (Wildman–Crippen MR) is 62.4 cm³/mol. The van der Waals surface area contributed by atoms with Gasteiger partial charge in [0.1, 0.15) is 0 Å². The highest BCUT2D eigenvalue weighted by molar-refractivity contribution is 7.66. The molecule has 0 saturated heterocycles. The average molecular weight is 266 g/mol. The van der Waals surface area contributed by atoms with Crippen LogP contribution in [0.15, 0.2) is 0 Å². The lowest BCUT2D eigenvalue weighted by atomic mass is 10.3. The molecule has 0 aromatic carbocycles. The van der Waals surface area contributed by atoms with Crippen molar-refractivity contribution >= 4 is 15.1 Å². The van der Waals surface area contributed by atoms with Crippen LogP contribution in [0.3, 0.4) is 0 Å². The van der Waals surface area contributed by atoms with Crippen LogP contribution in [-0.4, -0.2) is 63.6 Å². The summed E-state index contributed by atoms with van der Waals surface area (Å²) in [7, 11) is 4.36. The zero-order valence-electron chi connectivity index (χ0n) is 10.5. The molecule has 0 bridgehead atoms. The van der Waals surface area contributed by atoms with Crippen LogP contribution in [-0.2, 0) is 0 Å². The summed E-state index contributed by atoms with van der Waals surface area (Å²) in [6.45, 7) is 0. The van der Waals surface area contributed by atoms with E-state index in [0.717, 1.165) is 0 Å². The van der Waals surface area contributed by atoms with Gasteiger partial charge < -0.3 is 17.3 Å². The van der Waals surface area contributed by atoms with Gasteiger partial charge >= 0.3 is 15.1 Å². The van der Waals surface area contributed by atoms with Crippen molar-refractivity contribution in [3.63, 3.8) is 0 Å². The van der Waals surface area contributed by atoms with Crippen molar-refractivity contribution in [1.82, 2.24) is 14.0 Å². The Labute approximate surface area is 95.0 Å². The minimum Gasteiger partial charge on any atom is -0.418 e. The third-order valence-electron chi connectivity index (χ3n) is 1.77. The van der Waals surface area contributed by atoms with Crippen molar-refractivity contribution < 1.29 is 17.3 Å². The van der Waals surface area contributed by atoms with E-state index in [9.17, 15) is 17.3 Å². The maximum atomic E-state index is 9.75. The second-order valence-electron chi connectivity index (χ2n) is 3.65. The van der Waals surface area contributed by atoms with Crippen molar-refractivity contribution in [2.75, 3.05) is 42.3 Å². The first-order valence-electron chi connectivity index (χ1n) is 4.41. The molecular formula is C6H20BF4N4P. The molecule has 0 aliphatic carbocycles. The van der Waals surface area contributed by atoms with Crippen LogP contribution >= 0.6 is 7.87 Å². The molecule has 0 aliphatic heterocycles. The molecule has 0 saturated carbocycles. The van der Waals surface area contributed by atoms with Gasteiger partial charge in [-0.3, -0.25) is 0 Å². The van der Waals surface area contributed by atoms with E-state index in [1.807, 2.05) is 42.3 Å². The van der Waals surface area contributed by atoms with Crippen LogP contribution in [0, 0.1) is 0 Å². The second-order valence-corrected chi connectivity index (χ2v) is 7.28. The molecular weight excluding hydrogens is 246 g/mol. The number of hydrogen-bond acceptors (Lipinski definition) is 4. The number of halogens is 4. The fourth-order valence-electron chi connectivity index (χ4n) is 1.07. The van der Waals surface area contributed by atoms with Crippen LogP contribution < -0.4 is 5.50 Å². The highest BCUT2D eigenvalue weighted by atomic mass is 31.2.